The van der Waals surface area contributed by atoms with Gasteiger partial charge in [-0.1, -0.05) is 18.2 Å². The quantitative estimate of drug-likeness (QED) is 0.538. The van der Waals surface area contributed by atoms with E-state index in [4.69, 9.17) is 15.2 Å². The summed E-state index contributed by atoms with van der Waals surface area (Å²) in [6.07, 6.45) is 0. The molecule has 0 spiro atoms. The minimum absolute atomic E-state index is 0.0947. The van der Waals surface area contributed by atoms with Crippen molar-refractivity contribution in [3.63, 3.8) is 0 Å². The lowest BCUT2D eigenvalue weighted by Gasteiger charge is -2.27. The number of para-hydroxylation sites is 1. The van der Waals surface area contributed by atoms with Gasteiger partial charge >= 0.3 is 0 Å². The summed E-state index contributed by atoms with van der Waals surface area (Å²) in [6, 6.07) is 14.0. The van der Waals surface area contributed by atoms with E-state index in [9.17, 15) is 20.8 Å². The fourth-order valence-electron chi connectivity index (χ4n) is 3.67. The average Bonchev–Trinajstić information content (AvgIpc) is 3.09. The number of ether oxygens (including phenoxy) is 2. The minimum Gasteiger partial charge on any atom is -0.868 e. The van der Waals surface area contributed by atoms with Gasteiger partial charge in [0.2, 0.25) is 11.8 Å². The van der Waals surface area contributed by atoms with Crippen molar-refractivity contribution < 1.29 is 25.0 Å². The minimum atomic E-state index is -0.778. The van der Waals surface area contributed by atoms with Gasteiger partial charge in [0, 0.05) is 0 Å². The summed E-state index contributed by atoms with van der Waals surface area (Å²) in [5.41, 5.74) is 7.96. The molecule has 1 aliphatic rings. The summed E-state index contributed by atoms with van der Waals surface area (Å²) in [5.74, 6) is -1.43. The van der Waals surface area contributed by atoms with Crippen LogP contribution in [0, 0.1) is 18.3 Å². The Labute approximate surface area is 177 Å². The van der Waals surface area contributed by atoms with E-state index in [-0.39, 0.29) is 22.4 Å². The molecule has 158 valence electrons. The molecule has 2 heterocycles. The maximum atomic E-state index is 12.4. The van der Waals surface area contributed by atoms with Crippen LogP contribution in [0.1, 0.15) is 22.7 Å². The Kier molecular flexibility index (Phi) is 4.90. The number of hydrogen-bond donors (Lipinski definition) is 3. The Hall–Kier alpha value is -4.20. The highest BCUT2D eigenvalue weighted by Crippen LogP contribution is 2.47. The molecular weight excluding hydrogens is 402 g/mol. The fourth-order valence-corrected chi connectivity index (χ4v) is 3.67. The predicted octanol–water partition coefficient (Wildman–Crippen LogP) is 2.07. The van der Waals surface area contributed by atoms with Crippen molar-refractivity contribution in [3.05, 3.63) is 70.7 Å². The Morgan fingerprint density at radius 1 is 1.29 bits per heavy atom. The monoisotopic (exact) mass is 420 g/mol. The molecule has 0 bridgehead atoms. The normalized spacial score (nSPS) is 15.1. The second-order valence-electron chi connectivity index (χ2n) is 6.84. The van der Waals surface area contributed by atoms with Crippen LogP contribution in [-0.2, 0) is 0 Å². The van der Waals surface area contributed by atoms with Gasteiger partial charge in [0.25, 0.3) is 0 Å². The first-order valence-corrected chi connectivity index (χ1v) is 9.16. The van der Waals surface area contributed by atoms with Crippen molar-refractivity contribution >= 4 is 5.69 Å². The molecule has 4 N–H and O–H groups in total. The second-order valence-corrected chi connectivity index (χ2v) is 6.84. The third-order valence-corrected chi connectivity index (χ3v) is 5.06. The molecule has 3 aromatic rings. The molecule has 10 nitrogen and oxygen atoms in total. The van der Waals surface area contributed by atoms with Crippen LogP contribution < -0.4 is 25.5 Å². The number of aryl methyl sites for hydroxylation is 1. The molecule has 1 atom stereocenters. The Morgan fingerprint density at radius 2 is 2.00 bits per heavy atom. The van der Waals surface area contributed by atoms with Crippen LogP contribution in [0.4, 0.5) is 5.69 Å². The highest BCUT2D eigenvalue weighted by molar-refractivity contribution is 5.66. The number of anilines is 1. The lowest BCUT2D eigenvalue weighted by atomic mass is 9.83. The van der Waals surface area contributed by atoms with Crippen molar-refractivity contribution in [2.45, 2.75) is 12.8 Å². The topological polar surface area (TPSA) is 153 Å². The van der Waals surface area contributed by atoms with Gasteiger partial charge in [-0.25, -0.2) is 4.68 Å². The summed E-state index contributed by atoms with van der Waals surface area (Å²) in [7, 11) is 1.28. The van der Waals surface area contributed by atoms with Crippen LogP contribution in [-0.4, -0.2) is 27.3 Å². The van der Waals surface area contributed by atoms with E-state index in [1.165, 1.54) is 19.2 Å². The molecule has 0 unspecified atom stereocenters. The van der Waals surface area contributed by atoms with Crippen molar-refractivity contribution in [1.82, 2.24) is 9.78 Å². The highest BCUT2D eigenvalue weighted by Gasteiger charge is 2.36. The first kappa shape index (κ1) is 20.1. The van der Waals surface area contributed by atoms with E-state index in [0.717, 1.165) is 5.69 Å². The van der Waals surface area contributed by atoms with Crippen LogP contribution in [0.15, 0.2) is 53.9 Å². The zero-order valence-corrected chi connectivity index (χ0v) is 16.6. The van der Waals surface area contributed by atoms with E-state index in [2.05, 4.69) is 11.2 Å². The van der Waals surface area contributed by atoms with Crippen molar-refractivity contribution in [1.29, 1.82) is 5.26 Å². The van der Waals surface area contributed by atoms with Gasteiger partial charge in [0.1, 0.15) is 17.4 Å². The van der Waals surface area contributed by atoms with Crippen LogP contribution >= 0.6 is 0 Å². The fraction of sp³-hybridized carbons (Fsp3) is 0.143. The van der Waals surface area contributed by atoms with Crippen molar-refractivity contribution in [2.75, 3.05) is 12.3 Å². The molecule has 0 fully saturated rings. The molecule has 1 aliphatic heterocycles. The van der Waals surface area contributed by atoms with Crippen LogP contribution in [0.25, 0.3) is 5.69 Å². The van der Waals surface area contributed by atoms with Gasteiger partial charge in [0.05, 0.1) is 35.7 Å². The van der Waals surface area contributed by atoms with E-state index < -0.39 is 17.4 Å². The van der Waals surface area contributed by atoms with Gasteiger partial charge in [0.15, 0.2) is 0 Å². The molecule has 4 rings (SSSR count). The van der Waals surface area contributed by atoms with E-state index in [1.807, 2.05) is 30.3 Å². The molecule has 31 heavy (non-hydrogen) atoms. The zero-order chi connectivity index (χ0) is 22.3. The summed E-state index contributed by atoms with van der Waals surface area (Å²) < 4.78 is 12.5. The van der Waals surface area contributed by atoms with E-state index in [0.29, 0.717) is 22.7 Å². The standard InChI is InChI=1S/C21H19N5O5/c1-11-17-18(12-8-15(26(28)29)19(27)16(9-12)30-2)14(10-22)20(23)31-21(17)25(24-11)13-6-4-3-5-7-13/h3-9,18,27-29H,23H2,1-2H3/p-1/t18-/m1/s1. The number of nitriles is 1. The number of methoxy groups -OCH3 is 1. The number of benzene rings is 2. The van der Waals surface area contributed by atoms with Gasteiger partial charge in [-0.3, -0.25) is 10.4 Å². The van der Waals surface area contributed by atoms with Gasteiger partial charge < -0.3 is 20.3 Å². The van der Waals surface area contributed by atoms with Gasteiger partial charge in [-0.05, 0) is 42.5 Å². The molecule has 10 heteroatoms. The molecule has 0 saturated carbocycles. The van der Waals surface area contributed by atoms with Gasteiger partial charge in [-0.2, -0.15) is 10.4 Å². The maximum Gasteiger partial charge on any atom is 0.229 e. The lowest BCUT2D eigenvalue weighted by Crippen LogP contribution is -2.22. The molecule has 0 aliphatic carbocycles. The molecule has 2 aromatic carbocycles. The summed E-state index contributed by atoms with van der Waals surface area (Å²) in [6.45, 7) is 1.76. The van der Waals surface area contributed by atoms with Gasteiger partial charge in [-0.15, -0.1) is 5.23 Å². The Morgan fingerprint density at radius 3 is 2.61 bits per heavy atom. The number of aromatic nitrogens is 2. The third kappa shape index (κ3) is 3.18. The summed E-state index contributed by atoms with van der Waals surface area (Å²) in [5, 5.41) is 45.5. The summed E-state index contributed by atoms with van der Waals surface area (Å²) >= 11 is 0. The number of allylic oxidation sites excluding steroid dienone is 1. The third-order valence-electron chi connectivity index (χ3n) is 5.06. The second kappa shape index (κ2) is 7.56. The number of rotatable bonds is 4. The van der Waals surface area contributed by atoms with E-state index >= 15 is 0 Å². The van der Waals surface area contributed by atoms with E-state index in [1.54, 1.807) is 11.6 Å². The predicted molar refractivity (Wildman–Crippen MR) is 106 cm³/mol. The van der Waals surface area contributed by atoms with Crippen molar-refractivity contribution in [3.8, 4) is 29.1 Å². The lowest BCUT2D eigenvalue weighted by molar-refractivity contribution is -0.270. The number of fused-ring (bicyclic) bond motifs is 1. The summed E-state index contributed by atoms with van der Waals surface area (Å²) in [4.78, 5) is 0. The van der Waals surface area contributed by atoms with Crippen LogP contribution in [0.5, 0.6) is 17.4 Å². The largest absolute Gasteiger partial charge is 0.868 e. The van der Waals surface area contributed by atoms with Crippen molar-refractivity contribution in [2.24, 2.45) is 5.73 Å². The van der Waals surface area contributed by atoms with Crippen LogP contribution in [0.3, 0.4) is 0 Å². The maximum absolute atomic E-state index is 12.4. The molecule has 1 aromatic heterocycles. The SMILES string of the molecule is COc1cc([C@@H]2C(C#N)=C(N)Oc3c2c(C)nn3-c2ccccc2)cc(N(O)O)c1[O-]. The Bertz CT molecular complexity index is 1230. The van der Waals surface area contributed by atoms with Crippen LogP contribution in [0.2, 0.25) is 0 Å². The smallest absolute Gasteiger partial charge is 0.229 e. The molecular formula is C21H18N5O5-. The average molecular weight is 420 g/mol. The highest BCUT2D eigenvalue weighted by atomic mass is 16.8. The number of nitrogens with two attached hydrogens (primary N) is 1. The first-order valence-electron chi connectivity index (χ1n) is 9.16. The molecule has 0 saturated heterocycles. The molecule has 0 amide bonds. The zero-order valence-electron chi connectivity index (χ0n) is 16.6. The Balaban J connectivity index is 1.99. The molecule has 0 radical (unpaired) electrons. The number of nitrogens with zero attached hydrogens (tertiary/aromatic N) is 4. The number of hydrogen-bond acceptors (Lipinski definition) is 9. The first-order chi connectivity index (χ1) is 14.9.